The van der Waals surface area contributed by atoms with Crippen molar-refractivity contribution >= 4 is 6.03 Å². The molecule has 2 rings (SSSR count). The van der Waals surface area contributed by atoms with Crippen LogP contribution >= 0.6 is 0 Å². The minimum atomic E-state index is -0.605. The van der Waals surface area contributed by atoms with Gasteiger partial charge in [-0.1, -0.05) is 0 Å². The average Bonchev–Trinajstić information content (AvgIpc) is 2.86. The second kappa shape index (κ2) is 4.32. The molecule has 4 N–H and O–H groups in total. The van der Waals surface area contributed by atoms with E-state index < -0.39 is 12.1 Å². The number of nitrogens with one attached hydrogen (secondary N) is 2. The third-order valence-electron chi connectivity index (χ3n) is 2.59. The smallest absolute Gasteiger partial charge is 0.313 e. The average molecular weight is 234 g/mol. The second-order valence-corrected chi connectivity index (χ2v) is 3.80. The van der Waals surface area contributed by atoms with E-state index in [0.29, 0.717) is 5.76 Å². The third kappa shape index (κ3) is 2.15. The lowest BCUT2D eigenvalue weighted by Crippen LogP contribution is -2.34. The van der Waals surface area contributed by atoms with Crippen molar-refractivity contribution in [3.8, 4) is 0 Å². The fourth-order valence-electron chi connectivity index (χ4n) is 1.87. The minimum Gasteiger partial charge on any atom is -0.467 e. The first-order valence-electron chi connectivity index (χ1n) is 5.20. The number of aryl methyl sites for hydroxylation is 2. The van der Waals surface area contributed by atoms with Crippen LogP contribution in [-0.2, 0) is 0 Å². The number of furan rings is 1. The van der Waals surface area contributed by atoms with Crippen molar-refractivity contribution in [2.75, 3.05) is 0 Å². The number of aromatic nitrogens is 2. The first-order valence-corrected chi connectivity index (χ1v) is 5.20. The highest BCUT2D eigenvalue weighted by Gasteiger charge is 2.23. The molecular weight excluding hydrogens is 220 g/mol. The van der Waals surface area contributed by atoms with Gasteiger partial charge in [0.25, 0.3) is 0 Å². The normalized spacial score (nSPS) is 12.4. The van der Waals surface area contributed by atoms with E-state index in [4.69, 9.17) is 10.2 Å². The van der Waals surface area contributed by atoms with Crippen LogP contribution < -0.4 is 11.1 Å². The summed E-state index contributed by atoms with van der Waals surface area (Å²) in [6, 6.07) is 2.52. The maximum atomic E-state index is 11.1. The molecule has 90 valence electrons. The van der Waals surface area contributed by atoms with Crippen LogP contribution in [0, 0.1) is 13.8 Å². The minimum absolute atomic E-state index is 0.416. The summed E-state index contributed by atoms with van der Waals surface area (Å²) in [5, 5.41) is 9.62. The van der Waals surface area contributed by atoms with Crippen molar-refractivity contribution in [2.24, 2.45) is 5.73 Å². The van der Waals surface area contributed by atoms with E-state index in [1.807, 2.05) is 13.8 Å². The lowest BCUT2D eigenvalue weighted by atomic mass is 10.0. The Labute approximate surface area is 98.2 Å². The van der Waals surface area contributed by atoms with E-state index in [0.717, 1.165) is 17.0 Å². The van der Waals surface area contributed by atoms with Crippen LogP contribution in [0.5, 0.6) is 0 Å². The Bertz CT molecular complexity index is 496. The SMILES string of the molecule is Cc1n[nH]c(C)c1[C@H](NC(N)=O)c1ccco1. The van der Waals surface area contributed by atoms with Crippen LogP contribution in [0.2, 0.25) is 0 Å². The summed E-state index contributed by atoms with van der Waals surface area (Å²) >= 11 is 0. The second-order valence-electron chi connectivity index (χ2n) is 3.80. The zero-order valence-corrected chi connectivity index (χ0v) is 9.65. The Balaban J connectivity index is 2.44. The lowest BCUT2D eigenvalue weighted by Gasteiger charge is -2.15. The fraction of sp³-hybridized carbons (Fsp3) is 0.273. The van der Waals surface area contributed by atoms with Gasteiger partial charge in [0.2, 0.25) is 0 Å². The van der Waals surface area contributed by atoms with Gasteiger partial charge in [0.1, 0.15) is 11.8 Å². The molecule has 2 aromatic heterocycles. The molecule has 0 aromatic carbocycles. The van der Waals surface area contributed by atoms with Gasteiger partial charge in [-0.25, -0.2) is 4.79 Å². The molecule has 6 nitrogen and oxygen atoms in total. The van der Waals surface area contributed by atoms with Crippen molar-refractivity contribution in [2.45, 2.75) is 19.9 Å². The molecule has 0 aliphatic carbocycles. The highest BCUT2D eigenvalue weighted by molar-refractivity contribution is 5.72. The number of urea groups is 1. The highest BCUT2D eigenvalue weighted by Crippen LogP contribution is 2.26. The quantitative estimate of drug-likeness (QED) is 0.748. The Morgan fingerprint density at radius 1 is 1.59 bits per heavy atom. The van der Waals surface area contributed by atoms with Gasteiger partial charge in [-0.05, 0) is 26.0 Å². The molecule has 0 spiro atoms. The van der Waals surface area contributed by atoms with Crippen LogP contribution in [0.1, 0.15) is 28.8 Å². The Morgan fingerprint density at radius 3 is 2.82 bits per heavy atom. The number of nitrogens with two attached hydrogens (primary N) is 1. The maximum absolute atomic E-state index is 11.1. The van der Waals surface area contributed by atoms with E-state index >= 15 is 0 Å². The number of primary amides is 1. The molecule has 0 radical (unpaired) electrons. The van der Waals surface area contributed by atoms with Gasteiger partial charge >= 0.3 is 6.03 Å². The summed E-state index contributed by atoms with van der Waals surface area (Å²) in [7, 11) is 0. The fourth-order valence-corrected chi connectivity index (χ4v) is 1.87. The molecular formula is C11H14N4O2. The van der Waals surface area contributed by atoms with Gasteiger partial charge in [-0.2, -0.15) is 5.10 Å². The molecule has 2 aromatic rings. The first kappa shape index (κ1) is 11.3. The predicted molar refractivity (Wildman–Crippen MR) is 61.3 cm³/mol. The first-order chi connectivity index (χ1) is 8.09. The Morgan fingerprint density at radius 2 is 2.35 bits per heavy atom. The van der Waals surface area contributed by atoms with E-state index in [-0.39, 0.29) is 0 Å². The number of carbonyl (C=O) groups excluding carboxylic acids is 1. The molecule has 2 amide bonds. The van der Waals surface area contributed by atoms with E-state index in [9.17, 15) is 4.79 Å². The van der Waals surface area contributed by atoms with Gasteiger partial charge in [0, 0.05) is 11.3 Å². The molecule has 0 bridgehead atoms. The van der Waals surface area contributed by atoms with Crippen molar-refractivity contribution in [1.29, 1.82) is 0 Å². The molecule has 1 atom stereocenters. The molecule has 6 heteroatoms. The van der Waals surface area contributed by atoms with E-state index in [2.05, 4.69) is 15.5 Å². The van der Waals surface area contributed by atoms with E-state index in [1.165, 1.54) is 0 Å². The Hall–Kier alpha value is -2.24. The standard InChI is InChI=1S/C11H14N4O2/c1-6-9(7(2)15-14-6)10(13-11(12)16)8-4-3-5-17-8/h3-5,10H,1-2H3,(H,14,15)(H3,12,13,16)/t10-/m1/s1. The molecule has 0 saturated carbocycles. The number of carbonyl (C=O) groups is 1. The zero-order chi connectivity index (χ0) is 12.4. The third-order valence-corrected chi connectivity index (χ3v) is 2.59. The van der Waals surface area contributed by atoms with Crippen molar-refractivity contribution in [1.82, 2.24) is 15.5 Å². The number of nitrogens with zero attached hydrogens (tertiary/aromatic N) is 1. The molecule has 2 heterocycles. The summed E-state index contributed by atoms with van der Waals surface area (Å²) in [6.45, 7) is 3.74. The summed E-state index contributed by atoms with van der Waals surface area (Å²) in [6.07, 6.45) is 1.55. The predicted octanol–water partition coefficient (Wildman–Crippen LogP) is 1.38. The maximum Gasteiger partial charge on any atom is 0.313 e. The molecule has 0 unspecified atom stereocenters. The Kier molecular flexibility index (Phi) is 2.86. The number of H-pyrrole nitrogens is 1. The summed E-state index contributed by atoms with van der Waals surface area (Å²) in [4.78, 5) is 11.1. The van der Waals surface area contributed by atoms with Gasteiger partial charge in [0.05, 0.1) is 12.0 Å². The van der Waals surface area contributed by atoms with Gasteiger partial charge in [0.15, 0.2) is 0 Å². The number of aromatic amines is 1. The van der Waals surface area contributed by atoms with Gasteiger partial charge in [-0.15, -0.1) is 0 Å². The van der Waals surface area contributed by atoms with Crippen molar-refractivity contribution < 1.29 is 9.21 Å². The van der Waals surface area contributed by atoms with Crippen LogP contribution in [-0.4, -0.2) is 16.2 Å². The van der Waals surface area contributed by atoms with Crippen molar-refractivity contribution in [3.05, 3.63) is 41.1 Å². The molecule has 0 saturated heterocycles. The number of hydrogen-bond donors (Lipinski definition) is 3. The largest absolute Gasteiger partial charge is 0.467 e. The molecule has 0 aliphatic rings. The summed E-state index contributed by atoms with van der Waals surface area (Å²) < 4.78 is 5.32. The monoisotopic (exact) mass is 234 g/mol. The molecule has 0 fully saturated rings. The van der Waals surface area contributed by atoms with Crippen LogP contribution in [0.4, 0.5) is 4.79 Å². The molecule has 0 aliphatic heterocycles. The van der Waals surface area contributed by atoms with Gasteiger partial charge in [-0.3, -0.25) is 5.10 Å². The van der Waals surface area contributed by atoms with E-state index in [1.54, 1.807) is 18.4 Å². The number of rotatable bonds is 3. The molecule has 17 heavy (non-hydrogen) atoms. The number of hydrogen-bond acceptors (Lipinski definition) is 3. The zero-order valence-electron chi connectivity index (χ0n) is 9.65. The summed E-state index contributed by atoms with van der Waals surface area (Å²) in [5.74, 6) is 0.622. The van der Waals surface area contributed by atoms with Crippen LogP contribution in [0.15, 0.2) is 22.8 Å². The van der Waals surface area contributed by atoms with Crippen LogP contribution in [0.25, 0.3) is 0 Å². The van der Waals surface area contributed by atoms with Crippen LogP contribution in [0.3, 0.4) is 0 Å². The highest BCUT2D eigenvalue weighted by atomic mass is 16.3. The lowest BCUT2D eigenvalue weighted by molar-refractivity contribution is 0.245. The topological polar surface area (TPSA) is 96.9 Å². The van der Waals surface area contributed by atoms with Crippen molar-refractivity contribution in [3.63, 3.8) is 0 Å². The number of amides is 2. The summed E-state index contributed by atoms with van der Waals surface area (Å²) in [5.41, 5.74) is 7.73. The van der Waals surface area contributed by atoms with Gasteiger partial charge < -0.3 is 15.5 Å².